The molecule has 1 aliphatic rings. The zero-order chi connectivity index (χ0) is 13.1. The number of aliphatic carboxylic acids is 1. The van der Waals surface area contributed by atoms with Crippen LogP contribution in [0, 0.1) is 0 Å². The fourth-order valence-corrected chi connectivity index (χ4v) is 3.75. The molecule has 7 heteroatoms. The Morgan fingerprint density at radius 2 is 2.24 bits per heavy atom. The molecule has 0 aliphatic carbocycles. The monoisotopic (exact) mass is 265 g/mol. The molecule has 1 aliphatic heterocycles. The summed E-state index contributed by atoms with van der Waals surface area (Å²) in [5.74, 6) is -1.06. The number of ether oxygens (including phenoxy) is 1. The Bertz CT molecular complexity index is 367. The van der Waals surface area contributed by atoms with Crippen molar-refractivity contribution in [3.8, 4) is 0 Å². The average molecular weight is 265 g/mol. The van der Waals surface area contributed by atoms with E-state index in [2.05, 4.69) is 0 Å². The van der Waals surface area contributed by atoms with Crippen molar-refractivity contribution in [2.45, 2.75) is 37.5 Å². The fourth-order valence-electron chi connectivity index (χ4n) is 1.96. The number of hydrogen-bond acceptors (Lipinski definition) is 4. The molecule has 0 aromatic rings. The zero-order valence-corrected chi connectivity index (χ0v) is 10.9. The van der Waals surface area contributed by atoms with Crippen molar-refractivity contribution in [3.05, 3.63) is 0 Å². The van der Waals surface area contributed by atoms with E-state index in [0.717, 1.165) is 4.31 Å². The lowest BCUT2D eigenvalue weighted by molar-refractivity contribution is -0.140. The lowest BCUT2D eigenvalue weighted by Gasteiger charge is -2.24. The first kappa shape index (κ1) is 14.4. The number of sulfonamides is 1. The smallest absolute Gasteiger partial charge is 0.322 e. The normalized spacial score (nSPS) is 23.8. The maximum absolute atomic E-state index is 12.2. The molecule has 1 N–H and O–H groups in total. The van der Waals surface area contributed by atoms with Crippen LogP contribution in [0.4, 0.5) is 0 Å². The molecule has 0 bridgehead atoms. The second kappa shape index (κ2) is 5.79. The van der Waals surface area contributed by atoms with Crippen LogP contribution in [0.25, 0.3) is 0 Å². The zero-order valence-electron chi connectivity index (χ0n) is 10.1. The molecule has 17 heavy (non-hydrogen) atoms. The van der Waals surface area contributed by atoms with E-state index in [1.807, 2.05) is 0 Å². The third-order valence-electron chi connectivity index (χ3n) is 3.05. The second-order valence-electron chi connectivity index (χ2n) is 4.24. The van der Waals surface area contributed by atoms with E-state index < -0.39 is 27.3 Å². The van der Waals surface area contributed by atoms with Crippen molar-refractivity contribution >= 4 is 16.0 Å². The van der Waals surface area contributed by atoms with Gasteiger partial charge in [0.15, 0.2) is 0 Å². The first-order valence-electron chi connectivity index (χ1n) is 5.63. The highest BCUT2D eigenvalue weighted by molar-refractivity contribution is 7.89. The van der Waals surface area contributed by atoms with Gasteiger partial charge in [-0.1, -0.05) is 0 Å². The lowest BCUT2D eigenvalue weighted by atomic mass is 10.2. The van der Waals surface area contributed by atoms with Gasteiger partial charge in [-0.2, -0.15) is 4.31 Å². The lowest BCUT2D eigenvalue weighted by Crippen LogP contribution is -2.44. The molecule has 1 heterocycles. The summed E-state index contributed by atoms with van der Waals surface area (Å²) in [6.07, 6.45) is 1.38. The number of rotatable bonds is 6. The number of methoxy groups -OCH3 is 1. The van der Waals surface area contributed by atoms with Crippen LogP contribution in [0.2, 0.25) is 0 Å². The van der Waals surface area contributed by atoms with Gasteiger partial charge < -0.3 is 9.84 Å². The van der Waals surface area contributed by atoms with Crippen LogP contribution >= 0.6 is 0 Å². The molecule has 0 amide bonds. The van der Waals surface area contributed by atoms with Crippen LogP contribution in [0.15, 0.2) is 0 Å². The van der Waals surface area contributed by atoms with E-state index >= 15 is 0 Å². The predicted molar refractivity (Wildman–Crippen MR) is 62.2 cm³/mol. The van der Waals surface area contributed by atoms with Gasteiger partial charge >= 0.3 is 5.97 Å². The summed E-state index contributed by atoms with van der Waals surface area (Å²) >= 11 is 0. The Kier molecular flexibility index (Phi) is 4.91. The molecule has 0 aromatic heterocycles. The summed E-state index contributed by atoms with van der Waals surface area (Å²) < 4.78 is 30.3. The van der Waals surface area contributed by atoms with Crippen LogP contribution in [0.3, 0.4) is 0 Å². The van der Waals surface area contributed by atoms with Gasteiger partial charge in [0, 0.05) is 20.3 Å². The Morgan fingerprint density at radius 1 is 1.59 bits per heavy atom. The first-order chi connectivity index (χ1) is 7.91. The van der Waals surface area contributed by atoms with Gasteiger partial charge in [-0.3, -0.25) is 4.79 Å². The van der Waals surface area contributed by atoms with Crippen molar-refractivity contribution in [3.63, 3.8) is 0 Å². The molecule has 6 nitrogen and oxygen atoms in total. The van der Waals surface area contributed by atoms with Crippen LogP contribution in [-0.2, 0) is 19.6 Å². The van der Waals surface area contributed by atoms with Crippen molar-refractivity contribution in [2.24, 2.45) is 0 Å². The molecule has 1 rings (SSSR count). The number of carboxylic acid groups (broad SMARTS) is 1. The molecular formula is C10H19NO5S. The largest absolute Gasteiger partial charge is 0.480 e. The van der Waals surface area contributed by atoms with Crippen molar-refractivity contribution < 1.29 is 23.1 Å². The van der Waals surface area contributed by atoms with Gasteiger partial charge in [0.05, 0.1) is 5.25 Å². The standard InChI is InChI=1S/C10H19NO5S/c1-8(5-7-16-2)17(14,15)11-6-3-4-9(11)10(12)13/h8-9H,3-7H2,1-2H3,(H,12,13)/t8?,9-/m0/s1. The van der Waals surface area contributed by atoms with Gasteiger partial charge in [-0.15, -0.1) is 0 Å². The van der Waals surface area contributed by atoms with E-state index in [-0.39, 0.29) is 0 Å². The highest BCUT2D eigenvalue weighted by atomic mass is 32.2. The maximum Gasteiger partial charge on any atom is 0.322 e. The van der Waals surface area contributed by atoms with E-state index in [9.17, 15) is 13.2 Å². The van der Waals surface area contributed by atoms with E-state index in [1.54, 1.807) is 6.92 Å². The molecule has 0 spiro atoms. The molecule has 0 radical (unpaired) electrons. The number of carboxylic acids is 1. The minimum absolute atomic E-state index is 0.302. The summed E-state index contributed by atoms with van der Waals surface area (Å²) in [6, 6.07) is -0.898. The molecule has 100 valence electrons. The molecule has 1 unspecified atom stereocenters. The van der Waals surface area contributed by atoms with Crippen molar-refractivity contribution in [1.82, 2.24) is 4.31 Å². The number of carbonyl (C=O) groups is 1. The third kappa shape index (κ3) is 3.17. The first-order valence-corrected chi connectivity index (χ1v) is 7.14. The van der Waals surface area contributed by atoms with Crippen LogP contribution in [-0.4, -0.2) is 55.4 Å². The quantitative estimate of drug-likeness (QED) is 0.746. The van der Waals surface area contributed by atoms with E-state index in [0.29, 0.717) is 32.4 Å². The summed E-state index contributed by atoms with van der Waals surface area (Å²) in [5, 5.41) is 8.37. The van der Waals surface area contributed by atoms with Crippen molar-refractivity contribution in [2.75, 3.05) is 20.3 Å². The van der Waals surface area contributed by atoms with Crippen LogP contribution in [0.5, 0.6) is 0 Å². The molecule has 1 saturated heterocycles. The van der Waals surface area contributed by atoms with E-state index in [4.69, 9.17) is 9.84 Å². The minimum Gasteiger partial charge on any atom is -0.480 e. The SMILES string of the molecule is COCCC(C)S(=O)(=O)N1CCC[C@H]1C(=O)O. The molecule has 0 aromatic carbocycles. The second-order valence-corrected chi connectivity index (χ2v) is 6.55. The molecule has 2 atom stereocenters. The summed E-state index contributed by atoms with van der Waals surface area (Å²) in [6.45, 7) is 2.24. The van der Waals surface area contributed by atoms with Crippen LogP contribution < -0.4 is 0 Å². The topological polar surface area (TPSA) is 83.9 Å². The van der Waals surface area contributed by atoms with E-state index in [1.165, 1.54) is 7.11 Å². The van der Waals surface area contributed by atoms with Crippen molar-refractivity contribution in [1.29, 1.82) is 0 Å². The molecular weight excluding hydrogens is 246 g/mol. The fraction of sp³-hybridized carbons (Fsp3) is 0.900. The average Bonchev–Trinajstić information content (AvgIpc) is 2.75. The Morgan fingerprint density at radius 3 is 2.76 bits per heavy atom. The van der Waals surface area contributed by atoms with Gasteiger partial charge in [-0.05, 0) is 26.2 Å². The van der Waals surface area contributed by atoms with Gasteiger partial charge in [0.25, 0.3) is 0 Å². The third-order valence-corrected chi connectivity index (χ3v) is 5.40. The van der Waals surface area contributed by atoms with Gasteiger partial charge in [0.2, 0.25) is 10.0 Å². The Hall–Kier alpha value is -0.660. The summed E-state index contributed by atoms with van der Waals surface area (Å²) in [5.41, 5.74) is 0. The minimum atomic E-state index is -3.53. The maximum atomic E-state index is 12.2. The van der Waals surface area contributed by atoms with Crippen LogP contribution in [0.1, 0.15) is 26.2 Å². The van der Waals surface area contributed by atoms with Gasteiger partial charge in [0.1, 0.15) is 6.04 Å². The molecule has 1 fully saturated rings. The summed E-state index contributed by atoms with van der Waals surface area (Å²) in [7, 11) is -2.02. The highest BCUT2D eigenvalue weighted by Crippen LogP contribution is 2.24. The number of nitrogens with zero attached hydrogens (tertiary/aromatic N) is 1. The number of hydrogen-bond donors (Lipinski definition) is 1. The predicted octanol–water partition coefficient (Wildman–Crippen LogP) is 0.290. The van der Waals surface area contributed by atoms with Gasteiger partial charge in [-0.25, -0.2) is 8.42 Å². The highest BCUT2D eigenvalue weighted by Gasteiger charge is 2.40. The Labute approximate surface area is 102 Å². The Balaban J connectivity index is 2.78. The summed E-state index contributed by atoms with van der Waals surface area (Å²) in [4.78, 5) is 11.0. The molecule has 0 saturated carbocycles.